The van der Waals surface area contributed by atoms with E-state index in [-0.39, 0.29) is 5.82 Å². The van der Waals surface area contributed by atoms with Crippen molar-refractivity contribution in [3.63, 3.8) is 0 Å². The van der Waals surface area contributed by atoms with Gasteiger partial charge in [-0.15, -0.1) is 0 Å². The Balaban J connectivity index is 1.39. The zero-order valence-corrected chi connectivity index (χ0v) is 14.9. The molecule has 3 heterocycles. The van der Waals surface area contributed by atoms with Crippen LogP contribution in [0.4, 0.5) is 10.1 Å². The molecule has 0 aliphatic heterocycles. The summed E-state index contributed by atoms with van der Waals surface area (Å²) in [6.07, 6.45) is 4.52. The lowest BCUT2D eigenvalue weighted by molar-refractivity contribution is 0.630. The number of anilines is 1. The maximum Gasteiger partial charge on any atom is 0.159 e. The quantitative estimate of drug-likeness (QED) is 0.430. The molecule has 0 saturated heterocycles. The van der Waals surface area contributed by atoms with Crippen molar-refractivity contribution in [1.82, 2.24) is 25.1 Å². The van der Waals surface area contributed by atoms with Crippen molar-refractivity contribution in [2.24, 2.45) is 0 Å². The number of hydrogen-bond acceptors (Lipinski definition) is 4. The van der Waals surface area contributed by atoms with Gasteiger partial charge in [-0.2, -0.15) is 5.10 Å². The van der Waals surface area contributed by atoms with Crippen LogP contribution < -0.4 is 5.32 Å². The molecule has 3 aromatic heterocycles. The van der Waals surface area contributed by atoms with Crippen molar-refractivity contribution in [3.05, 3.63) is 72.3 Å². The highest BCUT2D eigenvalue weighted by Crippen LogP contribution is 2.27. The highest BCUT2D eigenvalue weighted by molar-refractivity contribution is 5.93. The lowest BCUT2D eigenvalue weighted by Gasteiger charge is -2.06. The van der Waals surface area contributed by atoms with E-state index >= 15 is 0 Å². The number of aromatic nitrogens is 5. The van der Waals surface area contributed by atoms with E-state index in [1.54, 1.807) is 18.5 Å². The third-order valence-corrected chi connectivity index (χ3v) is 4.72. The summed E-state index contributed by atoms with van der Waals surface area (Å²) < 4.78 is 13.6. The van der Waals surface area contributed by atoms with Crippen molar-refractivity contribution in [2.45, 2.75) is 6.42 Å². The average Bonchev–Trinajstić information content (AvgIpc) is 3.31. The van der Waals surface area contributed by atoms with E-state index in [4.69, 9.17) is 0 Å². The molecule has 6 nitrogen and oxygen atoms in total. The van der Waals surface area contributed by atoms with Crippen LogP contribution in [0.15, 0.2) is 60.9 Å². The van der Waals surface area contributed by atoms with Crippen molar-refractivity contribution in [1.29, 1.82) is 0 Å². The number of H-pyrrole nitrogens is 2. The summed E-state index contributed by atoms with van der Waals surface area (Å²) in [6.45, 7) is 0.819. The molecule has 2 aromatic carbocycles. The van der Waals surface area contributed by atoms with E-state index in [0.717, 1.165) is 35.2 Å². The first-order valence-electron chi connectivity index (χ1n) is 9.03. The molecular formula is C21H17FN6. The first-order valence-corrected chi connectivity index (χ1v) is 9.03. The molecular weight excluding hydrogens is 355 g/mol. The number of imidazole rings is 1. The maximum absolute atomic E-state index is 13.6. The van der Waals surface area contributed by atoms with E-state index in [0.29, 0.717) is 16.9 Å². The lowest BCUT2D eigenvalue weighted by atomic mass is 10.2. The average molecular weight is 372 g/mol. The highest BCUT2D eigenvalue weighted by Gasteiger charge is 2.13. The van der Waals surface area contributed by atoms with E-state index in [1.165, 1.54) is 17.7 Å². The molecule has 0 radical (unpaired) electrons. The van der Waals surface area contributed by atoms with Gasteiger partial charge in [0, 0.05) is 30.0 Å². The van der Waals surface area contributed by atoms with Gasteiger partial charge in [-0.05, 0) is 60.5 Å². The van der Waals surface area contributed by atoms with Gasteiger partial charge in [0.1, 0.15) is 11.5 Å². The second-order valence-electron chi connectivity index (χ2n) is 6.61. The molecule has 0 atom stereocenters. The Hall–Kier alpha value is -3.74. The van der Waals surface area contributed by atoms with Crippen LogP contribution in [0, 0.1) is 5.82 Å². The molecule has 0 bridgehead atoms. The molecule has 0 spiro atoms. The molecule has 0 saturated carbocycles. The van der Waals surface area contributed by atoms with Crippen LogP contribution in [0.5, 0.6) is 0 Å². The van der Waals surface area contributed by atoms with Crippen LogP contribution >= 0.6 is 0 Å². The molecule has 7 heteroatoms. The predicted octanol–water partition coefficient (Wildman–Crippen LogP) is 4.29. The van der Waals surface area contributed by atoms with Crippen LogP contribution in [-0.4, -0.2) is 31.7 Å². The minimum atomic E-state index is -0.299. The number of fused-ring (bicyclic) bond motifs is 2. The summed E-state index contributed by atoms with van der Waals surface area (Å²) in [4.78, 5) is 11.9. The van der Waals surface area contributed by atoms with E-state index in [2.05, 4.69) is 30.5 Å². The molecule has 0 fully saturated rings. The predicted molar refractivity (Wildman–Crippen MR) is 108 cm³/mol. The van der Waals surface area contributed by atoms with Crippen LogP contribution in [-0.2, 0) is 6.42 Å². The van der Waals surface area contributed by atoms with Gasteiger partial charge in [0.05, 0.1) is 16.6 Å². The van der Waals surface area contributed by atoms with Crippen LogP contribution in [0.2, 0.25) is 0 Å². The number of pyridine rings is 1. The molecule has 3 N–H and O–H groups in total. The number of hydrogen-bond donors (Lipinski definition) is 3. The zero-order valence-electron chi connectivity index (χ0n) is 14.9. The largest absolute Gasteiger partial charge is 0.385 e. The van der Waals surface area contributed by atoms with Crippen molar-refractivity contribution < 1.29 is 4.39 Å². The van der Waals surface area contributed by atoms with Gasteiger partial charge in [-0.3, -0.25) is 10.1 Å². The first kappa shape index (κ1) is 16.4. The van der Waals surface area contributed by atoms with Crippen molar-refractivity contribution in [2.75, 3.05) is 11.9 Å². The Bertz CT molecular complexity index is 1260. The van der Waals surface area contributed by atoms with Crippen LogP contribution in [0.25, 0.3) is 33.5 Å². The molecule has 5 aromatic rings. The van der Waals surface area contributed by atoms with E-state index < -0.39 is 0 Å². The summed E-state index contributed by atoms with van der Waals surface area (Å²) in [5, 5.41) is 11.4. The fraction of sp³-hybridized carbons (Fsp3) is 0.0952. The van der Waals surface area contributed by atoms with Crippen molar-refractivity contribution >= 4 is 27.6 Å². The number of halogens is 1. The van der Waals surface area contributed by atoms with Gasteiger partial charge in [0.15, 0.2) is 5.82 Å². The monoisotopic (exact) mass is 372 g/mol. The van der Waals surface area contributed by atoms with Crippen LogP contribution in [0.3, 0.4) is 0 Å². The third-order valence-electron chi connectivity index (χ3n) is 4.72. The first-order chi connectivity index (χ1) is 13.8. The summed E-state index contributed by atoms with van der Waals surface area (Å²) >= 11 is 0. The van der Waals surface area contributed by atoms with Crippen LogP contribution in [0.1, 0.15) is 5.56 Å². The number of rotatable bonds is 5. The molecule has 0 aliphatic rings. The van der Waals surface area contributed by atoms with Gasteiger partial charge in [-0.1, -0.05) is 0 Å². The third kappa shape index (κ3) is 3.07. The lowest BCUT2D eigenvalue weighted by Crippen LogP contribution is -2.04. The fourth-order valence-electron chi connectivity index (χ4n) is 3.30. The summed E-state index contributed by atoms with van der Waals surface area (Å²) in [5.74, 6) is 0.313. The normalized spacial score (nSPS) is 11.3. The van der Waals surface area contributed by atoms with Gasteiger partial charge in [0.25, 0.3) is 0 Å². The fourth-order valence-corrected chi connectivity index (χ4v) is 3.30. The Labute approximate surface area is 159 Å². The standard InChI is InChI=1S/C21H17FN6/c22-14-1-3-17-16(11-14)20(28-27-17)21-25-18-4-2-15(12-19(18)26-21)24-10-7-13-5-8-23-9-6-13/h1-6,8-9,11-12,24H,7,10H2,(H,25,26)(H,27,28). The Kier molecular flexibility index (Phi) is 3.97. The maximum atomic E-state index is 13.6. The minimum absolute atomic E-state index is 0.299. The zero-order chi connectivity index (χ0) is 18.9. The van der Waals surface area contributed by atoms with Gasteiger partial charge >= 0.3 is 0 Å². The molecule has 28 heavy (non-hydrogen) atoms. The SMILES string of the molecule is Fc1ccc2[nH]nc(-c3nc4ccc(NCCc5ccncc5)cc4[nH]3)c2c1. The summed E-state index contributed by atoms with van der Waals surface area (Å²) in [6, 6.07) is 14.6. The number of nitrogens with one attached hydrogen (secondary N) is 3. The Morgan fingerprint density at radius 2 is 1.86 bits per heavy atom. The number of aromatic amines is 2. The highest BCUT2D eigenvalue weighted by atomic mass is 19.1. The second-order valence-corrected chi connectivity index (χ2v) is 6.61. The molecule has 0 amide bonds. The van der Waals surface area contributed by atoms with E-state index in [1.807, 2.05) is 30.3 Å². The molecule has 0 unspecified atom stereocenters. The van der Waals surface area contributed by atoms with Crippen molar-refractivity contribution in [3.8, 4) is 11.5 Å². The smallest absolute Gasteiger partial charge is 0.159 e. The second kappa shape index (κ2) is 6.77. The topological polar surface area (TPSA) is 82.3 Å². The molecule has 138 valence electrons. The number of benzene rings is 2. The van der Waals surface area contributed by atoms with Gasteiger partial charge < -0.3 is 10.3 Å². The molecule has 0 aliphatic carbocycles. The number of nitrogens with zero attached hydrogens (tertiary/aromatic N) is 3. The van der Waals surface area contributed by atoms with Gasteiger partial charge in [0.2, 0.25) is 0 Å². The Morgan fingerprint density at radius 3 is 2.75 bits per heavy atom. The van der Waals surface area contributed by atoms with Gasteiger partial charge in [-0.25, -0.2) is 9.37 Å². The summed E-state index contributed by atoms with van der Waals surface area (Å²) in [7, 11) is 0. The summed E-state index contributed by atoms with van der Waals surface area (Å²) in [5.41, 5.74) is 5.37. The Morgan fingerprint density at radius 1 is 0.964 bits per heavy atom. The minimum Gasteiger partial charge on any atom is -0.385 e. The van der Waals surface area contributed by atoms with E-state index in [9.17, 15) is 4.39 Å². The molecule has 5 rings (SSSR count).